The summed E-state index contributed by atoms with van der Waals surface area (Å²) >= 11 is 0. The van der Waals surface area contributed by atoms with Crippen molar-refractivity contribution in [2.24, 2.45) is 0 Å². The van der Waals surface area contributed by atoms with Crippen LogP contribution in [-0.2, 0) is 6.54 Å². The molecule has 0 spiro atoms. The van der Waals surface area contributed by atoms with Crippen molar-refractivity contribution in [1.29, 1.82) is 5.41 Å². The van der Waals surface area contributed by atoms with E-state index in [-0.39, 0.29) is 23.4 Å². The molecule has 146 valence electrons. The summed E-state index contributed by atoms with van der Waals surface area (Å²) in [6.07, 6.45) is -6.10. The lowest BCUT2D eigenvalue weighted by molar-refractivity contribution is -0.0804. The summed E-state index contributed by atoms with van der Waals surface area (Å²) in [5, 5.41) is 61.6. The van der Waals surface area contributed by atoms with Crippen molar-refractivity contribution in [2.75, 3.05) is 11.9 Å². The van der Waals surface area contributed by atoms with Crippen molar-refractivity contribution in [1.82, 2.24) is 14.9 Å². The van der Waals surface area contributed by atoms with E-state index < -0.39 is 37.2 Å². The van der Waals surface area contributed by atoms with E-state index in [0.29, 0.717) is 17.0 Å². The van der Waals surface area contributed by atoms with Crippen LogP contribution in [0.2, 0.25) is 0 Å². The molecule has 27 heavy (non-hydrogen) atoms. The lowest BCUT2D eigenvalue weighted by Gasteiger charge is -2.31. The number of nitrogens with zero attached hydrogens (tertiary/aromatic N) is 2. The van der Waals surface area contributed by atoms with Crippen molar-refractivity contribution in [3.8, 4) is 11.4 Å². The highest BCUT2D eigenvalue weighted by Gasteiger charge is 2.32. The molecule has 0 saturated heterocycles. The fourth-order valence-electron chi connectivity index (χ4n) is 2.92. The Balaban J connectivity index is 2.17. The Bertz CT molecular complexity index is 900. The van der Waals surface area contributed by atoms with Gasteiger partial charge in [-0.2, -0.15) is 0 Å². The van der Waals surface area contributed by atoms with Crippen molar-refractivity contribution < 1.29 is 30.3 Å². The number of amides is 1. The van der Waals surface area contributed by atoms with Crippen LogP contribution in [0.25, 0.3) is 11.4 Å². The monoisotopic (exact) mass is 379 g/mol. The number of anilines is 1. The smallest absolute Gasteiger partial charge is 0.277 e. The number of nitrogens with one attached hydrogen (secondary N) is 3. The number of fused-ring (bicyclic) bond motifs is 2. The summed E-state index contributed by atoms with van der Waals surface area (Å²) in [7, 11) is 0. The van der Waals surface area contributed by atoms with Crippen molar-refractivity contribution >= 4 is 11.7 Å². The summed E-state index contributed by atoms with van der Waals surface area (Å²) in [6, 6.07) is 3.10. The molecule has 4 unspecified atom stereocenters. The average molecular weight is 379 g/mol. The Labute approximate surface area is 153 Å². The minimum atomic E-state index is -1.65. The molecule has 11 nitrogen and oxygen atoms in total. The standard InChI is InChI=1S/C16H21N5O6/c1-6-2-8-9(3-7(6)17)21(4-10(23)13(25)11(24)5-22)14-12(18-8)15(26)20-16(27)19-14/h2-3,10-11,13,16-17,19,22-25,27H,4-5H2,1H3,(H,20,26). The van der Waals surface area contributed by atoms with Crippen LogP contribution in [0.15, 0.2) is 12.1 Å². The second-order valence-electron chi connectivity index (χ2n) is 6.40. The zero-order valence-electron chi connectivity index (χ0n) is 14.4. The number of aryl methyl sites for hydroxylation is 1. The lowest BCUT2D eigenvalue weighted by Crippen LogP contribution is -2.48. The predicted molar refractivity (Wildman–Crippen MR) is 91.6 cm³/mol. The molecule has 4 atom stereocenters. The highest BCUT2D eigenvalue weighted by molar-refractivity contribution is 5.99. The van der Waals surface area contributed by atoms with Gasteiger partial charge in [0.25, 0.3) is 5.91 Å². The van der Waals surface area contributed by atoms with Gasteiger partial charge in [0.05, 0.1) is 29.9 Å². The molecule has 0 aromatic rings. The maximum atomic E-state index is 12.2. The predicted octanol–water partition coefficient (Wildman–Crippen LogP) is -2.72. The van der Waals surface area contributed by atoms with Gasteiger partial charge in [0.1, 0.15) is 24.1 Å². The van der Waals surface area contributed by atoms with E-state index in [1.165, 1.54) is 10.6 Å². The third-order valence-electron chi connectivity index (χ3n) is 4.44. The summed E-state index contributed by atoms with van der Waals surface area (Å²) in [4.78, 5) is 16.5. The minimum absolute atomic E-state index is 0.0330. The molecule has 2 aliphatic heterocycles. The fourth-order valence-corrected chi connectivity index (χ4v) is 2.92. The van der Waals surface area contributed by atoms with Gasteiger partial charge < -0.3 is 46.1 Å². The Morgan fingerprint density at radius 3 is 2.63 bits per heavy atom. The maximum absolute atomic E-state index is 12.2. The SMILES string of the molecule is Cc1cc2nc3c(n(CC(O)C(O)C(O)CO)c-2cc1=N)NC(O)NC3=O. The highest BCUT2D eigenvalue weighted by atomic mass is 16.4. The maximum Gasteiger partial charge on any atom is 0.277 e. The molecular weight excluding hydrogens is 358 g/mol. The van der Waals surface area contributed by atoms with Crippen LogP contribution in [-0.4, -0.2) is 72.3 Å². The molecule has 0 aromatic heterocycles. The molecule has 3 aliphatic rings. The Hall–Kier alpha value is -2.57. The molecule has 8 N–H and O–H groups in total. The van der Waals surface area contributed by atoms with Crippen molar-refractivity contribution in [3.05, 3.63) is 28.7 Å². The number of carbonyl (C=O) groups excluding carboxylic acids is 1. The Morgan fingerprint density at radius 1 is 1.26 bits per heavy atom. The topological polar surface area (TPSA) is 184 Å². The molecule has 1 aliphatic carbocycles. The normalized spacial score (nSPS) is 19.8. The zero-order valence-corrected chi connectivity index (χ0v) is 14.4. The second kappa shape index (κ2) is 7.21. The van der Waals surface area contributed by atoms with Gasteiger partial charge in [-0.05, 0) is 24.6 Å². The number of carbonyl (C=O) groups is 1. The van der Waals surface area contributed by atoms with Gasteiger partial charge >= 0.3 is 0 Å². The number of benzene rings is 1. The summed E-state index contributed by atoms with van der Waals surface area (Å²) in [6.45, 7) is 0.675. The molecule has 0 radical (unpaired) electrons. The lowest BCUT2D eigenvalue weighted by atomic mass is 10.1. The van der Waals surface area contributed by atoms with Crippen molar-refractivity contribution in [3.63, 3.8) is 0 Å². The molecule has 0 fully saturated rings. The van der Waals surface area contributed by atoms with E-state index in [4.69, 9.17) is 10.5 Å². The summed E-state index contributed by atoms with van der Waals surface area (Å²) in [5.41, 5.74) is 1.35. The van der Waals surface area contributed by atoms with E-state index in [0.717, 1.165) is 0 Å². The fraction of sp³-hybridized carbons (Fsp3) is 0.438. The van der Waals surface area contributed by atoms with E-state index in [1.807, 2.05) is 0 Å². The van der Waals surface area contributed by atoms with Gasteiger partial charge in [-0.15, -0.1) is 0 Å². The Morgan fingerprint density at radius 2 is 1.96 bits per heavy atom. The minimum Gasteiger partial charge on any atom is -0.394 e. The van der Waals surface area contributed by atoms with E-state index in [2.05, 4.69) is 15.6 Å². The first kappa shape index (κ1) is 19.2. The number of hydrogen-bond donors (Lipinski definition) is 8. The van der Waals surface area contributed by atoms with Crippen LogP contribution in [0.4, 0.5) is 5.82 Å². The third kappa shape index (κ3) is 3.50. The van der Waals surface area contributed by atoms with Crippen LogP contribution in [0, 0.1) is 12.3 Å². The Kier molecular flexibility index (Phi) is 5.13. The molecule has 11 heteroatoms. The van der Waals surface area contributed by atoms with Crippen LogP contribution < -0.4 is 16.0 Å². The average Bonchev–Trinajstić information content (AvgIpc) is 2.62. The van der Waals surface area contributed by atoms with Gasteiger partial charge in [-0.3, -0.25) is 4.79 Å². The first-order chi connectivity index (χ1) is 12.7. The molecule has 0 saturated carbocycles. The van der Waals surface area contributed by atoms with Crippen LogP contribution in [0.3, 0.4) is 0 Å². The van der Waals surface area contributed by atoms with Crippen LogP contribution in [0.1, 0.15) is 16.1 Å². The first-order valence-corrected chi connectivity index (χ1v) is 8.23. The van der Waals surface area contributed by atoms with E-state index >= 15 is 0 Å². The zero-order chi connectivity index (χ0) is 19.9. The van der Waals surface area contributed by atoms with Gasteiger partial charge in [0, 0.05) is 0 Å². The summed E-state index contributed by atoms with van der Waals surface area (Å²) < 4.78 is 1.40. The molecule has 2 heterocycles. The number of hydrogen-bond acceptors (Lipinski definition) is 9. The van der Waals surface area contributed by atoms with Crippen LogP contribution >= 0.6 is 0 Å². The first-order valence-electron chi connectivity index (χ1n) is 8.23. The van der Waals surface area contributed by atoms with Gasteiger partial charge in [0.15, 0.2) is 5.69 Å². The summed E-state index contributed by atoms with van der Waals surface area (Å²) in [5.74, 6) is -0.545. The molecule has 3 rings (SSSR count). The number of rotatable bonds is 5. The largest absolute Gasteiger partial charge is 0.394 e. The number of aromatic nitrogens is 2. The molecule has 0 aromatic carbocycles. The van der Waals surface area contributed by atoms with Crippen molar-refractivity contribution in [2.45, 2.75) is 38.1 Å². The van der Waals surface area contributed by atoms with E-state index in [9.17, 15) is 25.2 Å². The van der Waals surface area contributed by atoms with Gasteiger partial charge in [-0.1, -0.05) is 0 Å². The molecule has 1 amide bonds. The second-order valence-corrected chi connectivity index (χ2v) is 6.40. The van der Waals surface area contributed by atoms with E-state index in [1.54, 1.807) is 13.0 Å². The quantitative estimate of drug-likeness (QED) is 0.275. The van der Waals surface area contributed by atoms with Gasteiger partial charge in [-0.25, -0.2) is 4.98 Å². The third-order valence-corrected chi connectivity index (χ3v) is 4.44. The molecule has 0 bridgehead atoms. The number of aliphatic hydroxyl groups excluding tert-OH is 5. The number of aliphatic hydroxyl groups is 5. The highest BCUT2D eigenvalue weighted by Crippen LogP contribution is 2.29. The van der Waals surface area contributed by atoms with Gasteiger partial charge in [0.2, 0.25) is 6.35 Å². The van der Waals surface area contributed by atoms with Crippen LogP contribution in [0.5, 0.6) is 0 Å². The molecular formula is C16H21N5O6.